The number of aryl methyl sites for hydroxylation is 2. The Labute approximate surface area is 102 Å². The number of unbranched alkanes of at least 4 members (excludes halogenated alkanes) is 1. The molecule has 2 aromatic rings. The number of nitrogens with zero attached hydrogens (tertiary/aromatic N) is 1. The van der Waals surface area contributed by atoms with Crippen LogP contribution in [0.25, 0.3) is 6.08 Å². The molecular weight excluding hydrogens is 208 g/mol. The number of hydrogen-bond acceptors (Lipinski definition) is 1. The van der Waals surface area contributed by atoms with Gasteiger partial charge in [-0.25, -0.2) is 4.98 Å². The minimum atomic E-state index is 1.00. The molecule has 17 heavy (non-hydrogen) atoms. The summed E-state index contributed by atoms with van der Waals surface area (Å²) in [6, 6.07) is 8.60. The molecule has 2 heteroatoms. The third kappa shape index (κ3) is 3.59. The van der Waals surface area contributed by atoms with E-state index in [0.29, 0.717) is 0 Å². The summed E-state index contributed by atoms with van der Waals surface area (Å²) in [5.74, 6) is 0. The van der Waals surface area contributed by atoms with E-state index in [4.69, 9.17) is 0 Å². The minimum Gasteiger partial charge on any atom is -0.351 e. The number of benzene rings is 1. The molecule has 2 nitrogen and oxygen atoms in total. The van der Waals surface area contributed by atoms with Gasteiger partial charge < -0.3 is 4.98 Å². The van der Waals surface area contributed by atoms with Crippen molar-refractivity contribution in [3.8, 4) is 0 Å². The molecule has 0 aliphatic carbocycles. The lowest BCUT2D eigenvalue weighted by atomic mass is 10.0. The molecule has 0 aliphatic heterocycles. The van der Waals surface area contributed by atoms with Gasteiger partial charge in [0.15, 0.2) is 0 Å². The van der Waals surface area contributed by atoms with Crippen molar-refractivity contribution < 1.29 is 0 Å². The van der Waals surface area contributed by atoms with Crippen LogP contribution in [0, 0.1) is 6.92 Å². The topological polar surface area (TPSA) is 28.7 Å². The van der Waals surface area contributed by atoms with Gasteiger partial charge in [-0.3, -0.25) is 0 Å². The van der Waals surface area contributed by atoms with Crippen molar-refractivity contribution in [1.82, 2.24) is 9.97 Å². The highest BCUT2D eigenvalue weighted by Crippen LogP contribution is 2.11. The Morgan fingerprint density at radius 1 is 1.29 bits per heavy atom. The van der Waals surface area contributed by atoms with Gasteiger partial charge in [0.05, 0.1) is 12.0 Å². The lowest BCUT2D eigenvalue weighted by molar-refractivity contribution is 0.839. The van der Waals surface area contributed by atoms with Gasteiger partial charge in [-0.15, -0.1) is 0 Å². The quantitative estimate of drug-likeness (QED) is 0.773. The van der Waals surface area contributed by atoms with E-state index in [2.05, 4.69) is 53.3 Å². The zero-order valence-corrected chi connectivity index (χ0v) is 10.2. The highest BCUT2D eigenvalue weighted by Gasteiger charge is 1.95. The molecule has 1 N–H and O–H groups in total. The Bertz CT molecular complexity index is 469. The van der Waals surface area contributed by atoms with E-state index in [9.17, 15) is 0 Å². The van der Waals surface area contributed by atoms with E-state index in [1.54, 1.807) is 6.33 Å². The highest BCUT2D eigenvalue weighted by molar-refractivity contribution is 5.42. The van der Waals surface area contributed by atoms with Crippen molar-refractivity contribution in [3.05, 3.63) is 59.7 Å². The lowest BCUT2D eigenvalue weighted by Crippen LogP contribution is -1.88. The first-order valence-electron chi connectivity index (χ1n) is 6.06. The standard InChI is InChI=1S/C15H18N2/c1-13-7-5-6-9-14(13)8-3-2-4-10-15-11-16-12-17-15/h4-7,9-12H,2-3,8H2,1H3,(H,16,17). The van der Waals surface area contributed by atoms with E-state index < -0.39 is 0 Å². The third-order valence-corrected chi connectivity index (χ3v) is 2.89. The number of H-pyrrole nitrogens is 1. The molecule has 2 rings (SSSR count). The molecule has 0 amide bonds. The van der Waals surface area contributed by atoms with E-state index in [0.717, 1.165) is 18.5 Å². The van der Waals surface area contributed by atoms with E-state index in [-0.39, 0.29) is 0 Å². The monoisotopic (exact) mass is 226 g/mol. The first kappa shape index (κ1) is 11.6. The Morgan fingerprint density at radius 2 is 2.18 bits per heavy atom. The van der Waals surface area contributed by atoms with Crippen LogP contribution in [-0.2, 0) is 6.42 Å². The lowest BCUT2D eigenvalue weighted by Gasteiger charge is -2.03. The van der Waals surface area contributed by atoms with E-state index in [1.807, 2.05) is 6.20 Å². The number of imidazole rings is 1. The van der Waals surface area contributed by atoms with Gasteiger partial charge in [0, 0.05) is 6.20 Å². The molecule has 0 fully saturated rings. The summed E-state index contributed by atoms with van der Waals surface area (Å²) < 4.78 is 0. The predicted octanol–water partition coefficient (Wildman–Crippen LogP) is 3.75. The van der Waals surface area contributed by atoms with Crippen LogP contribution in [0.1, 0.15) is 29.7 Å². The molecule has 0 spiro atoms. The van der Waals surface area contributed by atoms with Crippen LogP contribution in [0.5, 0.6) is 0 Å². The SMILES string of the molecule is Cc1ccccc1CCCC=Cc1c[nH]cn1. The average molecular weight is 226 g/mol. The summed E-state index contributed by atoms with van der Waals surface area (Å²) in [5, 5.41) is 0. The largest absolute Gasteiger partial charge is 0.351 e. The van der Waals surface area contributed by atoms with Crippen molar-refractivity contribution in [2.45, 2.75) is 26.2 Å². The van der Waals surface area contributed by atoms with E-state index in [1.165, 1.54) is 17.5 Å². The maximum Gasteiger partial charge on any atom is 0.0927 e. The second-order valence-electron chi connectivity index (χ2n) is 4.22. The van der Waals surface area contributed by atoms with Gasteiger partial charge in [-0.1, -0.05) is 30.3 Å². The van der Waals surface area contributed by atoms with Gasteiger partial charge in [0.1, 0.15) is 0 Å². The van der Waals surface area contributed by atoms with Crippen LogP contribution in [0.4, 0.5) is 0 Å². The smallest absolute Gasteiger partial charge is 0.0927 e. The first-order valence-corrected chi connectivity index (χ1v) is 6.06. The first-order chi connectivity index (χ1) is 8.36. The molecule has 0 unspecified atom stereocenters. The number of aromatic nitrogens is 2. The molecule has 0 aliphatic rings. The van der Waals surface area contributed by atoms with Gasteiger partial charge in [0.25, 0.3) is 0 Å². The normalized spacial score (nSPS) is 11.1. The molecule has 1 heterocycles. The molecule has 0 bridgehead atoms. The number of allylic oxidation sites excluding steroid dienone is 1. The van der Waals surface area contributed by atoms with Gasteiger partial charge in [0.2, 0.25) is 0 Å². The van der Waals surface area contributed by atoms with Crippen LogP contribution < -0.4 is 0 Å². The van der Waals surface area contributed by atoms with Crippen LogP contribution >= 0.6 is 0 Å². The second kappa shape index (κ2) is 6.04. The number of rotatable bonds is 5. The van der Waals surface area contributed by atoms with Gasteiger partial charge >= 0.3 is 0 Å². The molecular formula is C15H18N2. The fourth-order valence-electron chi connectivity index (χ4n) is 1.87. The molecule has 0 radical (unpaired) electrons. The van der Waals surface area contributed by atoms with Crippen molar-refractivity contribution >= 4 is 6.08 Å². The highest BCUT2D eigenvalue weighted by atomic mass is 14.8. The summed E-state index contributed by atoms with van der Waals surface area (Å²) in [4.78, 5) is 7.09. The third-order valence-electron chi connectivity index (χ3n) is 2.89. The number of nitrogens with one attached hydrogen (secondary N) is 1. The maximum absolute atomic E-state index is 4.14. The van der Waals surface area contributed by atoms with Crippen molar-refractivity contribution in [3.63, 3.8) is 0 Å². The Morgan fingerprint density at radius 3 is 2.94 bits per heavy atom. The van der Waals surface area contributed by atoms with Crippen LogP contribution in [0.2, 0.25) is 0 Å². The summed E-state index contributed by atoms with van der Waals surface area (Å²) >= 11 is 0. The number of hydrogen-bond donors (Lipinski definition) is 1. The van der Waals surface area contributed by atoms with Crippen molar-refractivity contribution in [2.75, 3.05) is 0 Å². The van der Waals surface area contributed by atoms with Crippen LogP contribution in [-0.4, -0.2) is 9.97 Å². The molecule has 0 saturated heterocycles. The molecule has 1 aromatic carbocycles. The fourth-order valence-corrected chi connectivity index (χ4v) is 1.87. The average Bonchev–Trinajstić information content (AvgIpc) is 2.84. The fraction of sp³-hybridized carbons (Fsp3) is 0.267. The Kier molecular flexibility index (Phi) is 4.14. The van der Waals surface area contributed by atoms with Crippen molar-refractivity contribution in [2.24, 2.45) is 0 Å². The molecule has 88 valence electrons. The van der Waals surface area contributed by atoms with Crippen LogP contribution in [0.15, 0.2) is 42.9 Å². The Balaban J connectivity index is 1.75. The van der Waals surface area contributed by atoms with Gasteiger partial charge in [-0.2, -0.15) is 0 Å². The molecule has 1 aromatic heterocycles. The number of aromatic amines is 1. The second-order valence-corrected chi connectivity index (χ2v) is 4.22. The molecule has 0 atom stereocenters. The zero-order chi connectivity index (χ0) is 11.9. The molecule has 0 saturated carbocycles. The maximum atomic E-state index is 4.14. The predicted molar refractivity (Wildman–Crippen MR) is 71.7 cm³/mol. The van der Waals surface area contributed by atoms with Gasteiger partial charge in [-0.05, 0) is 43.4 Å². The van der Waals surface area contributed by atoms with Crippen LogP contribution in [0.3, 0.4) is 0 Å². The Hall–Kier alpha value is -1.83. The summed E-state index contributed by atoms with van der Waals surface area (Å²) in [6.07, 6.45) is 11.3. The zero-order valence-electron chi connectivity index (χ0n) is 10.2. The summed E-state index contributed by atoms with van der Waals surface area (Å²) in [5.41, 5.74) is 3.85. The van der Waals surface area contributed by atoms with E-state index >= 15 is 0 Å². The summed E-state index contributed by atoms with van der Waals surface area (Å²) in [6.45, 7) is 2.18. The minimum absolute atomic E-state index is 1.00. The summed E-state index contributed by atoms with van der Waals surface area (Å²) in [7, 11) is 0. The van der Waals surface area contributed by atoms with Crippen molar-refractivity contribution in [1.29, 1.82) is 0 Å².